The van der Waals surface area contributed by atoms with Gasteiger partial charge >= 0.3 is 0 Å². The van der Waals surface area contributed by atoms with Crippen molar-refractivity contribution in [1.29, 1.82) is 0 Å². The molecule has 2 heterocycles. The van der Waals surface area contributed by atoms with Crippen molar-refractivity contribution in [1.82, 2.24) is 4.90 Å². The van der Waals surface area contributed by atoms with Gasteiger partial charge in [-0.15, -0.1) is 0 Å². The highest BCUT2D eigenvalue weighted by molar-refractivity contribution is 5.94. The molecule has 30 heavy (non-hydrogen) atoms. The summed E-state index contributed by atoms with van der Waals surface area (Å²) in [5.41, 5.74) is 2.27. The Labute approximate surface area is 176 Å². The molecule has 1 atom stereocenters. The molecule has 1 N–H and O–H groups in total. The van der Waals surface area contributed by atoms with Gasteiger partial charge in [0.25, 0.3) is 0 Å². The Morgan fingerprint density at radius 3 is 2.60 bits per heavy atom. The quantitative estimate of drug-likeness (QED) is 0.838. The third kappa shape index (κ3) is 4.38. The third-order valence-corrected chi connectivity index (χ3v) is 6.37. The minimum Gasteiger partial charge on any atom is -0.381 e. The Balaban J connectivity index is 1.50. The smallest absolute Gasteiger partial charge is 0.229 e. The number of rotatable bonds is 4. The summed E-state index contributed by atoms with van der Waals surface area (Å²) in [5, 5.41) is 2.85. The highest BCUT2D eigenvalue weighted by Gasteiger charge is 2.51. The summed E-state index contributed by atoms with van der Waals surface area (Å²) < 4.78 is 19.1. The Bertz CT molecular complexity index is 922. The van der Waals surface area contributed by atoms with Crippen LogP contribution in [0.4, 0.5) is 10.1 Å². The number of aryl methyl sites for hydroxylation is 1. The molecule has 2 aliphatic heterocycles. The van der Waals surface area contributed by atoms with Gasteiger partial charge in [-0.2, -0.15) is 0 Å². The summed E-state index contributed by atoms with van der Waals surface area (Å²) in [6.45, 7) is 4.13. The van der Waals surface area contributed by atoms with Crippen molar-refractivity contribution in [2.45, 2.75) is 26.2 Å². The number of ether oxygens (including phenoxy) is 1. The molecule has 2 saturated heterocycles. The van der Waals surface area contributed by atoms with E-state index < -0.39 is 5.82 Å². The van der Waals surface area contributed by atoms with Crippen LogP contribution in [0, 0.1) is 24.1 Å². The first-order valence-corrected chi connectivity index (χ1v) is 10.4. The molecule has 6 heteroatoms. The number of carbonyl (C=O) groups excluding carboxylic acids is 2. The molecule has 0 bridgehead atoms. The average Bonchev–Trinajstić information content (AvgIpc) is 3.09. The fraction of sp³-hybridized carbons (Fsp3) is 0.417. The van der Waals surface area contributed by atoms with E-state index in [0.717, 1.165) is 24.0 Å². The second-order valence-electron chi connectivity index (χ2n) is 8.46. The second kappa shape index (κ2) is 8.56. The lowest BCUT2D eigenvalue weighted by Gasteiger charge is -2.37. The normalized spacial score (nSPS) is 20.3. The lowest BCUT2D eigenvalue weighted by Crippen LogP contribution is -2.42. The zero-order chi connectivity index (χ0) is 21.1. The largest absolute Gasteiger partial charge is 0.381 e. The number of hydrogen-bond donors (Lipinski definition) is 1. The summed E-state index contributed by atoms with van der Waals surface area (Å²) >= 11 is 0. The number of nitrogens with zero attached hydrogens (tertiary/aromatic N) is 1. The SMILES string of the molecule is Cc1ccc(CC(=O)N2CC(C(=O)Nc3cccc(F)c3)C3(CCOCC3)C2)cc1. The predicted molar refractivity (Wildman–Crippen MR) is 112 cm³/mol. The van der Waals surface area contributed by atoms with E-state index in [2.05, 4.69) is 5.32 Å². The van der Waals surface area contributed by atoms with Crippen LogP contribution in [0.25, 0.3) is 0 Å². The highest BCUT2D eigenvalue weighted by atomic mass is 19.1. The van der Waals surface area contributed by atoms with Crippen LogP contribution < -0.4 is 5.32 Å². The third-order valence-electron chi connectivity index (χ3n) is 6.37. The van der Waals surface area contributed by atoms with Crippen molar-refractivity contribution in [3.63, 3.8) is 0 Å². The van der Waals surface area contributed by atoms with Gasteiger partial charge in [-0.1, -0.05) is 35.9 Å². The number of nitrogens with one attached hydrogen (secondary N) is 1. The molecular formula is C24H27FN2O3. The van der Waals surface area contributed by atoms with Crippen LogP contribution in [0.5, 0.6) is 0 Å². The molecule has 2 aromatic carbocycles. The van der Waals surface area contributed by atoms with Gasteiger partial charge in [0.15, 0.2) is 0 Å². The van der Waals surface area contributed by atoms with Crippen molar-refractivity contribution in [3.8, 4) is 0 Å². The van der Waals surface area contributed by atoms with Gasteiger partial charge < -0.3 is 15.0 Å². The molecule has 158 valence electrons. The maximum atomic E-state index is 13.5. The molecule has 0 aliphatic carbocycles. The van der Waals surface area contributed by atoms with Crippen molar-refractivity contribution in [2.24, 2.45) is 11.3 Å². The van der Waals surface area contributed by atoms with Gasteiger partial charge in [0, 0.05) is 37.4 Å². The summed E-state index contributed by atoms with van der Waals surface area (Å²) in [5.74, 6) is -0.861. The van der Waals surface area contributed by atoms with Crippen LogP contribution in [-0.4, -0.2) is 43.0 Å². The van der Waals surface area contributed by atoms with Crippen LogP contribution >= 0.6 is 0 Å². The van der Waals surface area contributed by atoms with Gasteiger partial charge in [-0.3, -0.25) is 9.59 Å². The van der Waals surface area contributed by atoms with Crippen LogP contribution in [-0.2, 0) is 20.7 Å². The highest BCUT2D eigenvalue weighted by Crippen LogP contribution is 2.45. The Hall–Kier alpha value is -2.73. The topological polar surface area (TPSA) is 58.6 Å². The Morgan fingerprint density at radius 2 is 1.90 bits per heavy atom. The average molecular weight is 410 g/mol. The van der Waals surface area contributed by atoms with Crippen molar-refractivity contribution in [3.05, 3.63) is 65.5 Å². The van der Waals surface area contributed by atoms with Crippen molar-refractivity contribution in [2.75, 3.05) is 31.6 Å². The number of carbonyl (C=O) groups is 2. The molecule has 2 aromatic rings. The van der Waals surface area contributed by atoms with Gasteiger partial charge in [0.05, 0.1) is 12.3 Å². The molecule has 0 aromatic heterocycles. The zero-order valence-corrected chi connectivity index (χ0v) is 17.2. The van der Waals surface area contributed by atoms with Crippen molar-refractivity contribution >= 4 is 17.5 Å². The van der Waals surface area contributed by atoms with E-state index in [1.807, 2.05) is 36.1 Å². The predicted octanol–water partition coefficient (Wildman–Crippen LogP) is 3.57. The molecule has 0 radical (unpaired) electrons. The Kier molecular flexibility index (Phi) is 5.86. The first-order valence-electron chi connectivity index (χ1n) is 10.4. The van der Waals surface area contributed by atoms with Crippen LogP contribution in [0.3, 0.4) is 0 Å². The standard InChI is InChI=1S/C24H27FN2O3/c1-17-5-7-18(8-6-17)13-22(28)27-15-21(24(16-27)9-11-30-12-10-24)23(29)26-20-4-2-3-19(25)14-20/h2-8,14,21H,9-13,15-16H2,1H3,(H,26,29). The van der Waals surface area contributed by atoms with Gasteiger partial charge in [-0.05, 0) is 43.5 Å². The molecule has 1 unspecified atom stereocenters. The molecule has 2 amide bonds. The minimum absolute atomic E-state index is 0.0331. The number of likely N-dealkylation sites (tertiary alicyclic amines) is 1. The molecule has 2 fully saturated rings. The van der Waals surface area contributed by atoms with Gasteiger partial charge in [0.1, 0.15) is 5.82 Å². The lowest BCUT2D eigenvalue weighted by molar-refractivity contribution is -0.130. The number of hydrogen-bond acceptors (Lipinski definition) is 3. The fourth-order valence-electron chi connectivity index (χ4n) is 4.59. The molecule has 4 rings (SSSR count). The number of halogens is 1. The van der Waals surface area contributed by atoms with E-state index >= 15 is 0 Å². The fourth-order valence-corrected chi connectivity index (χ4v) is 4.59. The van der Waals surface area contributed by atoms with E-state index in [9.17, 15) is 14.0 Å². The summed E-state index contributed by atoms with van der Waals surface area (Å²) in [6, 6.07) is 13.8. The van der Waals surface area contributed by atoms with E-state index in [0.29, 0.717) is 38.4 Å². The van der Waals surface area contributed by atoms with Crippen LogP contribution in [0.15, 0.2) is 48.5 Å². The van der Waals surface area contributed by atoms with Gasteiger partial charge in [0.2, 0.25) is 11.8 Å². The number of amides is 2. The monoisotopic (exact) mass is 410 g/mol. The maximum Gasteiger partial charge on any atom is 0.229 e. The lowest BCUT2D eigenvalue weighted by atomic mass is 9.71. The van der Waals surface area contributed by atoms with Crippen LogP contribution in [0.2, 0.25) is 0 Å². The van der Waals surface area contributed by atoms with Gasteiger partial charge in [-0.25, -0.2) is 4.39 Å². The summed E-state index contributed by atoms with van der Waals surface area (Å²) in [6.07, 6.45) is 1.80. The molecule has 0 saturated carbocycles. The second-order valence-corrected chi connectivity index (χ2v) is 8.46. The van der Waals surface area contributed by atoms with E-state index in [1.165, 1.54) is 12.1 Å². The maximum absolute atomic E-state index is 13.5. The molecular weight excluding hydrogens is 383 g/mol. The Morgan fingerprint density at radius 1 is 1.17 bits per heavy atom. The van der Waals surface area contributed by atoms with Crippen molar-refractivity contribution < 1.29 is 18.7 Å². The molecule has 1 spiro atoms. The van der Waals surface area contributed by atoms with E-state index in [1.54, 1.807) is 12.1 Å². The zero-order valence-electron chi connectivity index (χ0n) is 17.2. The summed E-state index contributed by atoms with van der Waals surface area (Å²) in [4.78, 5) is 28.0. The molecule has 5 nitrogen and oxygen atoms in total. The van der Waals surface area contributed by atoms with Crippen LogP contribution in [0.1, 0.15) is 24.0 Å². The molecule has 2 aliphatic rings. The van der Waals surface area contributed by atoms with E-state index in [4.69, 9.17) is 4.74 Å². The first-order chi connectivity index (χ1) is 14.4. The number of benzene rings is 2. The van der Waals surface area contributed by atoms with E-state index in [-0.39, 0.29) is 23.1 Å². The first kappa shape index (κ1) is 20.5. The summed E-state index contributed by atoms with van der Waals surface area (Å²) in [7, 11) is 0. The number of anilines is 1. The minimum atomic E-state index is -0.394.